The lowest BCUT2D eigenvalue weighted by molar-refractivity contribution is -0.138. The fourth-order valence-electron chi connectivity index (χ4n) is 4.23. The molecule has 2 rings (SSSR count). The second-order valence-electron chi connectivity index (χ2n) is 8.54. The third-order valence-electron chi connectivity index (χ3n) is 5.75. The molecule has 0 aromatic heterocycles. The first-order valence-electron chi connectivity index (χ1n) is 10.8. The summed E-state index contributed by atoms with van der Waals surface area (Å²) in [5, 5.41) is 20.1. The molecule has 4 heteroatoms. The van der Waals surface area contributed by atoms with Crippen molar-refractivity contribution in [1.82, 2.24) is 0 Å². The van der Waals surface area contributed by atoms with Crippen LogP contribution in [0.4, 0.5) is 0 Å². The Balaban J connectivity index is 2.48. The summed E-state index contributed by atoms with van der Waals surface area (Å²) < 4.78 is 6.10. The highest BCUT2D eigenvalue weighted by molar-refractivity contribution is 5.67. The number of rotatable bonds is 10. The van der Waals surface area contributed by atoms with E-state index in [4.69, 9.17) is 9.84 Å². The highest BCUT2D eigenvalue weighted by atomic mass is 16.5. The Morgan fingerprint density at radius 2 is 2.07 bits per heavy atom. The topological polar surface area (TPSA) is 66.8 Å². The first-order chi connectivity index (χ1) is 13.7. The molecule has 4 nitrogen and oxygen atoms in total. The van der Waals surface area contributed by atoms with Crippen molar-refractivity contribution in [3.63, 3.8) is 0 Å². The predicted molar refractivity (Wildman–Crippen MR) is 118 cm³/mol. The van der Waals surface area contributed by atoms with E-state index in [2.05, 4.69) is 26.5 Å². The van der Waals surface area contributed by atoms with Crippen LogP contribution in [0.3, 0.4) is 0 Å². The van der Waals surface area contributed by atoms with Crippen LogP contribution in [0.2, 0.25) is 0 Å². The quantitative estimate of drug-likeness (QED) is 0.353. The number of ether oxygens (including phenoxy) is 1. The Kier molecular flexibility index (Phi) is 8.36. The molecule has 3 atom stereocenters. The van der Waals surface area contributed by atoms with Crippen LogP contribution in [-0.2, 0) is 11.2 Å². The first kappa shape index (κ1) is 23.1. The molecule has 0 fully saturated rings. The predicted octanol–water partition coefficient (Wildman–Crippen LogP) is 6.38. The van der Waals surface area contributed by atoms with Gasteiger partial charge in [0, 0.05) is 11.5 Å². The van der Waals surface area contributed by atoms with Crippen molar-refractivity contribution in [1.29, 1.82) is 0 Å². The lowest BCUT2D eigenvalue weighted by Gasteiger charge is -2.32. The summed E-state index contributed by atoms with van der Waals surface area (Å²) in [6.45, 7) is 12.3. The van der Waals surface area contributed by atoms with E-state index in [1.807, 2.05) is 19.1 Å². The number of aliphatic carboxylic acids is 1. The number of allylic oxidation sites excluding steroid dienone is 3. The van der Waals surface area contributed by atoms with Gasteiger partial charge in [0.1, 0.15) is 17.6 Å². The van der Waals surface area contributed by atoms with E-state index in [0.717, 1.165) is 55.2 Å². The van der Waals surface area contributed by atoms with E-state index in [1.54, 1.807) is 6.92 Å². The number of unbranched alkanes of at least 4 members (excludes halogenated alkanes) is 2. The fraction of sp³-hybridized carbons (Fsp3) is 0.560. The number of hydrogen-bond acceptors (Lipinski definition) is 3. The second-order valence-corrected chi connectivity index (χ2v) is 8.54. The van der Waals surface area contributed by atoms with Gasteiger partial charge >= 0.3 is 5.97 Å². The van der Waals surface area contributed by atoms with Gasteiger partial charge in [-0.1, -0.05) is 43.6 Å². The van der Waals surface area contributed by atoms with Gasteiger partial charge in [-0.05, 0) is 70.1 Å². The Labute approximate surface area is 175 Å². The fourth-order valence-corrected chi connectivity index (χ4v) is 4.23. The van der Waals surface area contributed by atoms with Crippen molar-refractivity contribution < 1.29 is 19.7 Å². The molecule has 0 aliphatic heterocycles. The molecule has 29 heavy (non-hydrogen) atoms. The van der Waals surface area contributed by atoms with Crippen molar-refractivity contribution in [2.75, 3.05) is 0 Å². The van der Waals surface area contributed by atoms with E-state index in [1.165, 1.54) is 5.57 Å². The van der Waals surface area contributed by atoms with Crippen molar-refractivity contribution in [2.45, 2.75) is 84.7 Å². The highest BCUT2D eigenvalue weighted by Crippen LogP contribution is 2.47. The maximum absolute atomic E-state index is 11.1. The molecular formula is C25H36O4. The number of aryl methyl sites for hydroxylation is 1. The first-order valence-corrected chi connectivity index (χ1v) is 10.8. The SMILES string of the molecule is C=C(C)[C@H]1CCC(C)=C[C@@H]1c1c(O)cc(CCCCC)cc1OC(C)CC(=O)O. The molecule has 0 amide bonds. The van der Waals surface area contributed by atoms with Crippen LogP contribution in [0.1, 0.15) is 83.3 Å². The lowest BCUT2D eigenvalue weighted by atomic mass is 9.73. The van der Waals surface area contributed by atoms with E-state index < -0.39 is 12.1 Å². The molecule has 0 radical (unpaired) electrons. The number of benzene rings is 1. The number of phenolic OH excluding ortho intramolecular Hbond substituents is 1. The van der Waals surface area contributed by atoms with E-state index >= 15 is 0 Å². The molecule has 2 N–H and O–H groups in total. The average molecular weight is 401 g/mol. The number of phenols is 1. The monoisotopic (exact) mass is 400 g/mol. The van der Waals surface area contributed by atoms with Gasteiger partial charge in [0.25, 0.3) is 0 Å². The lowest BCUT2D eigenvalue weighted by Crippen LogP contribution is -2.21. The summed E-state index contributed by atoms with van der Waals surface area (Å²) in [6.07, 6.45) is 7.86. The zero-order valence-electron chi connectivity index (χ0n) is 18.3. The molecule has 1 aromatic rings. The molecular weight excluding hydrogens is 364 g/mol. The number of aromatic hydroxyl groups is 1. The molecule has 160 valence electrons. The minimum atomic E-state index is -0.893. The molecule has 0 saturated carbocycles. The summed E-state index contributed by atoms with van der Waals surface area (Å²) in [6, 6.07) is 3.85. The Morgan fingerprint density at radius 1 is 1.34 bits per heavy atom. The molecule has 0 spiro atoms. The van der Waals surface area contributed by atoms with Crippen molar-refractivity contribution >= 4 is 5.97 Å². The van der Waals surface area contributed by atoms with Gasteiger partial charge in [-0.25, -0.2) is 0 Å². The van der Waals surface area contributed by atoms with E-state index in [-0.39, 0.29) is 24.0 Å². The molecule has 1 unspecified atom stereocenters. The van der Waals surface area contributed by atoms with Gasteiger partial charge in [-0.3, -0.25) is 4.79 Å². The normalized spacial score (nSPS) is 20.1. The molecule has 0 bridgehead atoms. The van der Waals surface area contributed by atoms with Crippen molar-refractivity contribution in [3.05, 3.63) is 47.1 Å². The minimum absolute atomic E-state index is 0.0158. The summed E-state index contributed by atoms with van der Waals surface area (Å²) in [4.78, 5) is 11.1. The average Bonchev–Trinajstić information content (AvgIpc) is 2.60. The standard InChI is InChI=1S/C25H36O4/c1-6-7-8-9-19-14-22(26)25(23(15-19)29-18(5)13-24(27)28)21-12-17(4)10-11-20(21)16(2)3/h12,14-15,18,20-21,26H,2,6-11,13H2,1,3-5H3,(H,27,28)/t18?,20-,21+/m1/s1. The van der Waals surface area contributed by atoms with Gasteiger partial charge in [0.05, 0.1) is 6.42 Å². The zero-order chi connectivity index (χ0) is 21.6. The van der Waals surface area contributed by atoms with Crippen LogP contribution in [0.15, 0.2) is 35.9 Å². The number of carboxylic acid groups (broad SMARTS) is 1. The molecule has 0 heterocycles. The minimum Gasteiger partial charge on any atom is -0.507 e. The largest absolute Gasteiger partial charge is 0.507 e. The number of carboxylic acids is 1. The van der Waals surface area contributed by atoms with Gasteiger partial charge < -0.3 is 14.9 Å². The molecule has 1 aliphatic rings. The summed E-state index contributed by atoms with van der Waals surface area (Å²) >= 11 is 0. The van der Waals surface area contributed by atoms with Crippen LogP contribution >= 0.6 is 0 Å². The van der Waals surface area contributed by atoms with Gasteiger partial charge in [-0.2, -0.15) is 0 Å². The molecule has 0 saturated heterocycles. The van der Waals surface area contributed by atoms with Crippen LogP contribution < -0.4 is 4.74 Å². The van der Waals surface area contributed by atoms with Crippen LogP contribution in [0.5, 0.6) is 11.5 Å². The molecule has 1 aliphatic carbocycles. The summed E-state index contributed by atoms with van der Waals surface area (Å²) in [5.41, 5.74) is 4.17. The molecule has 1 aromatic carbocycles. The maximum Gasteiger partial charge on any atom is 0.307 e. The maximum atomic E-state index is 11.1. The number of carbonyl (C=O) groups is 1. The Bertz CT molecular complexity index is 762. The van der Waals surface area contributed by atoms with E-state index in [9.17, 15) is 9.90 Å². The second kappa shape index (κ2) is 10.5. The van der Waals surface area contributed by atoms with Crippen molar-refractivity contribution in [2.24, 2.45) is 5.92 Å². The smallest absolute Gasteiger partial charge is 0.307 e. The van der Waals surface area contributed by atoms with Gasteiger partial charge in [-0.15, -0.1) is 0 Å². The highest BCUT2D eigenvalue weighted by Gasteiger charge is 2.31. The van der Waals surface area contributed by atoms with E-state index in [0.29, 0.717) is 5.75 Å². The third kappa shape index (κ3) is 6.38. The Morgan fingerprint density at radius 3 is 2.69 bits per heavy atom. The van der Waals surface area contributed by atoms with Crippen molar-refractivity contribution in [3.8, 4) is 11.5 Å². The van der Waals surface area contributed by atoms with Gasteiger partial charge in [0.2, 0.25) is 0 Å². The van der Waals surface area contributed by atoms with Crippen LogP contribution in [0.25, 0.3) is 0 Å². The number of hydrogen-bond donors (Lipinski definition) is 2. The summed E-state index contributed by atoms with van der Waals surface area (Å²) in [7, 11) is 0. The summed E-state index contributed by atoms with van der Waals surface area (Å²) in [5.74, 6) is 0.160. The Hall–Kier alpha value is -2.23. The van der Waals surface area contributed by atoms with Crippen LogP contribution in [-0.4, -0.2) is 22.3 Å². The van der Waals surface area contributed by atoms with Crippen LogP contribution in [0, 0.1) is 5.92 Å². The zero-order valence-corrected chi connectivity index (χ0v) is 18.3. The van der Waals surface area contributed by atoms with Gasteiger partial charge in [0.15, 0.2) is 0 Å². The third-order valence-corrected chi connectivity index (χ3v) is 5.75.